The first-order valence-corrected chi connectivity index (χ1v) is 8.79. The van der Waals surface area contributed by atoms with Gasteiger partial charge in [0.1, 0.15) is 6.04 Å². The summed E-state index contributed by atoms with van der Waals surface area (Å²) in [6, 6.07) is 6.67. The minimum absolute atomic E-state index is 0. The number of rotatable bonds is 6. The van der Waals surface area contributed by atoms with Gasteiger partial charge in [-0.05, 0) is 24.3 Å². The Balaban J connectivity index is 0.00000196. The zero-order valence-corrected chi connectivity index (χ0v) is 17.8. The van der Waals surface area contributed by atoms with Gasteiger partial charge < -0.3 is 19.9 Å². The van der Waals surface area contributed by atoms with Crippen LogP contribution in [0.4, 0.5) is 0 Å². The lowest BCUT2D eigenvalue weighted by Crippen LogP contribution is -2.53. The molecular weight excluding hydrogens is 429 g/mol. The van der Waals surface area contributed by atoms with Gasteiger partial charge in [-0.1, -0.05) is 16.8 Å². The van der Waals surface area contributed by atoms with Gasteiger partial charge in [0.15, 0.2) is 0 Å². The van der Waals surface area contributed by atoms with E-state index in [0.717, 1.165) is 18.7 Å². The molecule has 8 nitrogen and oxygen atoms in total. The van der Waals surface area contributed by atoms with Crippen molar-refractivity contribution in [3.63, 3.8) is 0 Å². The van der Waals surface area contributed by atoms with Gasteiger partial charge in [-0.3, -0.25) is 9.69 Å². The second-order valence-corrected chi connectivity index (χ2v) is 6.62. The van der Waals surface area contributed by atoms with Crippen LogP contribution in [0, 0.1) is 0 Å². The van der Waals surface area contributed by atoms with Gasteiger partial charge in [-0.15, -0.1) is 24.8 Å². The van der Waals surface area contributed by atoms with Gasteiger partial charge in [0.05, 0.1) is 13.2 Å². The SMILES string of the molecule is COCC(N)C(=O)N1CCN(Cc2nc(-c3ccc(Cl)cc3)no2)CC1.Cl.Cl. The highest BCUT2D eigenvalue weighted by Crippen LogP contribution is 2.19. The van der Waals surface area contributed by atoms with Crippen LogP contribution >= 0.6 is 36.4 Å². The molecule has 156 valence electrons. The van der Waals surface area contributed by atoms with E-state index in [1.165, 1.54) is 7.11 Å². The van der Waals surface area contributed by atoms with Gasteiger partial charge >= 0.3 is 0 Å². The Morgan fingerprint density at radius 2 is 1.89 bits per heavy atom. The summed E-state index contributed by atoms with van der Waals surface area (Å²) in [5, 5.41) is 4.68. The van der Waals surface area contributed by atoms with Crippen molar-refractivity contribution in [3.05, 3.63) is 35.2 Å². The molecule has 1 aliphatic heterocycles. The molecule has 1 fully saturated rings. The van der Waals surface area contributed by atoms with Crippen LogP contribution in [0.1, 0.15) is 5.89 Å². The lowest BCUT2D eigenvalue weighted by atomic mass is 10.2. The van der Waals surface area contributed by atoms with E-state index in [4.69, 9.17) is 26.6 Å². The van der Waals surface area contributed by atoms with Crippen LogP contribution < -0.4 is 5.73 Å². The summed E-state index contributed by atoms with van der Waals surface area (Å²) < 4.78 is 10.3. The van der Waals surface area contributed by atoms with Crippen LogP contribution in [0.3, 0.4) is 0 Å². The Hall–Kier alpha value is -1.42. The summed E-state index contributed by atoms with van der Waals surface area (Å²) in [4.78, 5) is 20.6. The second kappa shape index (κ2) is 11.5. The van der Waals surface area contributed by atoms with Crippen LogP contribution in [-0.2, 0) is 16.1 Å². The van der Waals surface area contributed by atoms with Crippen molar-refractivity contribution in [1.82, 2.24) is 19.9 Å². The number of nitrogens with two attached hydrogens (primary N) is 1. The molecule has 0 bridgehead atoms. The molecule has 1 unspecified atom stereocenters. The Bertz CT molecular complexity index is 736. The number of hydrogen-bond donors (Lipinski definition) is 1. The molecule has 1 amide bonds. The van der Waals surface area contributed by atoms with Gasteiger partial charge in [0.2, 0.25) is 17.6 Å². The van der Waals surface area contributed by atoms with Crippen molar-refractivity contribution in [2.24, 2.45) is 5.73 Å². The number of ether oxygens (including phenoxy) is 1. The van der Waals surface area contributed by atoms with E-state index in [1.54, 1.807) is 17.0 Å². The van der Waals surface area contributed by atoms with E-state index in [2.05, 4.69) is 15.0 Å². The fraction of sp³-hybridized carbons (Fsp3) is 0.471. The second-order valence-electron chi connectivity index (χ2n) is 6.18. The largest absolute Gasteiger partial charge is 0.383 e. The third-order valence-corrected chi connectivity index (χ3v) is 4.53. The molecule has 3 rings (SSSR count). The average molecular weight is 453 g/mol. The molecule has 28 heavy (non-hydrogen) atoms. The van der Waals surface area contributed by atoms with Crippen molar-refractivity contribution in [3.8, 4) is 11.4 Å². The molecular formula is C17H24Cl3N5O3. The number of carbonyl (C=O) groups is 1. The molecule has 0 radical (unpaired) electrons. The van der Waals surface area contributed by atoms with E-state index in [9.17, 15) is 4.79 Å². The summed E-state index contributed by atoms with van der Waals surface area (Å²) >= 11 is 5.89. The van der Waals surface area contributed by atoms with Gasteiger partial charge in [0.25, 0.3) is 0 Å². The number of benzene rings is 1. The number of amides is 1. The molecule has 0 aliphatic carbocycles. The van der Waals surface area contributed by atoms with Crippen LogP contribution in [0.2, 0.25) is 5.02 Å². The fourth-order valence-electron chi connectivity index (χ4n) is 2.84. The number of nitrogens with zero attached hydrogens (tertiary/aromatic N) is 4. The van der Waals surface area contributed by atoms with Crippen LogP contribution in [-0.4, -0.2) is 71.8 Å². The quantitative estimate of drug-likeness (QED) is 0.714. The van der Waals surface area contributed by atoms with Gasteiger partial charge in [-0.25, -0.2) is 0 Å². The van der Waals surface area contributed by atoms with E-state index < -0.39 is 6.04 Å². The number of aromatic nitrogens is 2. The molecule has 2 heterocycles. The standard InChI is InChI=1S/C17H22ClN5O3.2ClH/c1-25-11-14(19)17(24)23-8-6-22(7-9-23)10-15-20-16(21-26-15)12-2-4-13(18)5-3-12;;/h2-5,14H,6-11,19H2,1H3;2*1H. The Kier molecular flexibility index (Phi) is 10.2. The van der Waals surface area contributed by atoms with E-state index in [-0.39, 0.29) is 37.3 Å². The molecule has 0 spiro atoms. The summed E-state index contributed by atoms with van der Waals surface area (Å²) in [6.07, 6.45) is 0. The first kappa shape index (κ1) is 24.6. The topological polar surface area (TPSA) is 97.7 Å². The fourth-order valence-corrected chi connectivity index (χ4v) is 2.96. The van der Waals surface area contributed by atoms with Crippen molar-refractivity contribution < 1.29 is 14.1 Å². The number of methoxy groups -OCH3 is 1. The molecule has 1 aromatic heterocycles. The molecule has 1 aromatic carbocycles. The third kappa shape index (κ3) is 6.30. The van der Waals surface area contributed by atoms with E-state index >= 15 is 0 Å². The third-order valence-electron chi connectivity index (χ3n) is 4.28. The van der Waals surface area contributed by atoms with Crippen molar-refractivity contribution in [2.45, 2.75) is 12.6 Å². The zero-order valence-electron chi connectivity index (χ0n) is 15.4. The maximum atomic E-state index is 12.2. The van der Waals surface area contributed by atoms with Crippen LogP contribution in [0.15, 0.2) is 28.8 Å². The van der Waals surface area contributed by atoms with Crippen molar-refractivity contribution in [1.29, 1.82) is 0 Å². The minimum Gasteiger partial charge on any atom is -0.383 e. The predicted octanol–water partition coefficient (Wildman–Crippen LogP) is 1.85. The number of halogens is 3. The summed E-state index contributed by atoms with van der Waals surface area (Å²) in [5.41, 5.74) is 6.67. The van der Waals surface area contributed by atoms with Crippen molar-refractivity contribution >= 4 is 42.3 Å². The van der Waals surface area contributed by atoms with E-state index in [1.807, 2.05) is 12.1 Å². The first-order valence-electron chi connectivity index (χ1n) is 8.41. The molecule has 1 aliphatic rings. The molecule has 1 saturated heterocycles. The summed E-state index contributed by atoms with van der Waals surface area (Å²) in [5.74, 6) is 1.01. The van der Waals surface area contributed by atoms with E-state index in [0.29, 0.717) is 36.4 Å². The molecule has 0 saturated carbocycles. The summed E-state index contributed by atoms with van der Waals surface area (Å²) in [6.45, 7) is 3.47. The lowest BCUT2D eigenvalue weighted by Gasteiger charge is -2.35. The first-order chi connectivity index (χ1) is 12.6. The molecule has 1 atom stereocenters. The number of carbonyl (C=O) groups excluding carboxylic acids is 1. The van der Waals surface area contributed by atoms with Gasteiger partial charge in [0, 0.05) is 43.9 Å². The smallest absolute Gasteiger partial charge is 0.241 e. The monoisotopic (exact) mass is 451 g/mol. The molecule has 2 aromatic rings. The minimum atomic E-state index is -0.607. The average Bonchev–Trinajstić information content (AvgIpc) is 3.11. The van der Waals surface area contributed by atoms with Crippen LogP contribution in [0.25, 0.3) is 11.4 Å². The zero-order chi connectivity index (χ0) is 18.5. The lowest BCUT2D eigenvalue weighted by molar-refractivity contribution is -0.135. The highest BCUT2D eigenvalue weighted by atomic mass is 35.5. The molecule has 11 heteroatoms. The molecule has 2 N–H and O–H groups in total. The summed E-state index contributed by atoms with van der Waals surface area (Å²) in [7, 11) is 1.54. The number of hydrogen-bond acceptors (Lipinski definition) is 7. The van der Waals surface area contributed by atoms with Crippen molar-refractivity contribution in [2.75, 3.05) is 39.9 Å². The van der Waals surface area contributed by atoms with Crippen LogP contribution in [0.5, 0.6) is 0 Å². The maximum absolute atomic E-state index is 12.2. The normalized spacial score (nSPS) is 15.5. The Labute approximate surface area is 181 Å². The predicted molar refractivity (Wildman–Crippen MR) is 111 cm³/mol. The maximum Gasteiger partial charge on any atom is 0.241 e. The Morgan fingerprint density at radius 3 is 2.50 bits per heavy atom. The highest BCUT2D eigenvalue weighted by molar-refractivity contribution is 6.30. The highest BCUT2D eigenvalue weighted by Gasteiger charge is 2.26. The van der Waals surface area contributed by atoms with Gasteiger partial charge in [-0.2, -0.15) is 4.98 Å². The Morgan fingerprint density at radius 1 is 1.25 bits per heavy atom. The number of piperazine rings is 1.